The first-order chi connectivity index (χ1) is 11.4. The normalized spacial score (nSPS) is 14.5. The van der Waals surface area contributed by atoms with Crippen molar-refractivity contribution in [2.45, 2.75) is 32.7 Å². The number of amides is 2. The Labute approximate surface area is 139 Å². The number of carbonyl (C=O) groups excluding carboxylic acids is 2. The van der Waals surface area contributed by atoms with Gasteiger partial charge in [0.1, 0.15) is 5.56 Å². The van der Waals surface area contributed by atoms with Crippen LogP contribution in [0.3, 0.4) is 0 Å². The van der Waals surface area contributed by atoms with E-state index < -0.39 is 11.5 Å². The Morgan fingerprint density at radius 1 is 1.17 bits per heavy atom. The van der Waals surface area contributed by atoms with Crippen molar-refractivity contribution in [3.8, 4) is 0 Å². The number of hydrogen-bond acceptors (Lipinski definition) is 3. The van der Waals surface area contributed by atoms with Crippen molar-refractivity contribution in [1.82, 2.24) is 10.3 Å². The molecule has 1 aromatic heterocycles. The van der Waals surface area contributed by atoms with Crippen molar-refractivity contribution >= 4 is 17.5 Å². The Bertz CT molecular complexity index is 870. The first kappa shape index (κ1) is 16.0. The molecule has 0 bridgehead atoms. The first-order valence-electron chi connectivity index (χ1n) is 7.87. The number of aromatic nitrogens is 1. The second-order valence-corrected chi connectivity index (χ2v) is 6.04. The van der Waals surface area contributed by atoms with Gasteiger partial charge < -0.3 is 15.6 Å². The third-order valence-corrected chi connectivity index (χ3v) is 4.17. The third-order valence-electron chi connectivity index (χ3n) is 4.17. The molecule has 0 radical (unpaired) electrons. The SMILES string of the molecule is Cc1ccc(C(=O)N[C@H](C)c2ccc3c(c2)CCC(=O)N3)c(=O)[nH]1. The Morgan fingerprint density at radius 2 is 1.96 bits per heavy atom. The number of fused-ring (bicyclic) bond motifs is 1. The number of carbonyl (C=O) groups is 2. The van der Waals surface area contributed by atoms with E-state index in [0.29, 0.717) is 18.5 Å². The van der Waals surface area contributed by atoms with Crippen LogP contribution in [0.5, 0.6) is 0 Å². The van der Waals surface area contributed by atoms with Crippen LogP contribution < -0.4 is 16.2 Å². The van der Waals surface area contributed by atoms with Crippen molar-refractivity contribution in [3.63, 3.8) is 0 Å². The highest BCUT2D eigenvalue weighted by molar-refractivity contribution is 5.94. The van der Waals surface area contributed by atoms with Gasteiger partial charge >= 0.3 is 0 Å². The van der Waals surface area contributed by atoms with Gasteiger partial charge in [0.05, 0.1) is 6.04 Å². The van der Waals surface area contributed by atoms with Crippen LogP contribution in [0.4, 0.5) is 5.69 Å². The zero-order valence-electron chi connectivity index (χ0n) is 13.6. The lowest BCUT2D eigenvalue weighted by atomic mass is 9.97. The first-order valence-corrected chi connectivity index (χ1v) is 7.87. The smallest absolute Gasteiger partial charge is 0.260 e. The summed E-state index contributed by atoms with van der Waals surface area (Å²) in [5.41, 5.74) is 3.22. The molecule has 0 unspecified atom stereocenters. The summed E-state index contributed by atoms with van der Waals surface area (Å²) in [7, 11) is 0. The minimum atomic E-state index is -0.408. The molecule has 3 N–H and O–H groups in total. The van der Waals surface area contributed by atoms with E-state index >= 15 is 0 Å². The fourth-order valence-electron chi connectivity index (χ4n) is 2.78. The van der Waals surface area contributed by atoms with Gasteiger partial charge in [0.2, 0.25) is 5.91 Å². The fraction of sp³-hybridized carbons (Fsp3) is 0.278. The van der Waals surface area contributed by atoms with Crippen molar-refractivity contribution in [1.29, 1.82) is 0 Å². The summed E-state index contributed by atoms with van der Waals surface area (Å²) in [4.78, 5) is 38.2. The van der Waals surface area contributed by atoms with Crippen LogP contribution in [0.2, 0.25) is 0 Å². The second kappa shape index (κ2) is 6.31. The summed E-state index contributed by atoms with van der Waals surface area (Å²) < 4.78 is 0. The third kappa shape index (κ3) is 3.22. The summed E-state index contributed by atoms with van der Waals surface area (Å²) >= 11 is 0. The molecule has 1 aliphatic heterocycles. The van der Waals surface area contributed by atoms with Crippen molar-refractivity contribution in [3.05, 3.63) is 63.1 Å². The van der Waals surface area contributed by atoms with Crippen LogP contribution in [0, 0.1) is 6.92 Å². The maximum Gasteiger partial charge on any atom is 0.260 e. The van der Waals surface area contributed by atoms with E-state index in [9.17, 15) is 14.4 Å². The molecular weight excluding hydrogens is 306 g/mol. The molecule has 2 heterocycles. The van der Waals surface area contributed by atoms with Crippen LogP contribution in [0.1, 0.15) is 46.6 Å². The molecule has 0 saturated carbocycles. The quantitative estimate of drug-likeness (QED) is 0.806. The monoisotopic (exact) mass is 325 g/mol. The van der Waals surface area contributed by atoms with Gasteiger partial charge in [-0.05, 0) is 49.6 Å². The number of hydrogen-bond donors (Lipinski definition) is 3. The number of pyridine rings is 1. The highest BCUT2D eigenvalue weighted by Gasteiger charge is 2.18. The van der Waals surface area contributed by atoms with Crippen molar-refractivity contribution < 1.29 is 9.59 Å². The number of aromatic amines is 1. The topological polar surface area (TPSA) is 91.1 Å². The predicted molar refractivity (Wildman–Crippen MR) is 91.1 cm³/mol. The minimum Gasteiger partial charge on any atom is -0.345 e. The Kier molecular flexibility index (Phi) is 4.20. The van der Waals surface area contributed by atoms with Gasteiger partial charge in [-0.1, -0.05) is 12.1 Å². The Morgan fingerprint density at radius 3 is 2.71 bits per heavy atom. The second-order valence-electron chi connectivity index (χ2n) is 6.04. The van der Waals surface area contributed by atoms with Gasteiger partial charge in [0.25, 0.3) is 11.5 Å². The van der Waals surface area contributed by atoms with E-state index in [1.807, 2.05) is 25.1 Å². The summed E-state index contributed by atoms with van der Waals surface area (Å²) in [5.74, 6) is -0.384. The Balaban J connectivity index is 1.77. The van der Waals surface area contributed by atoms with Crippen LogP contribution in [0.15, 0.2) is 35.1 Å². The molecule has 0 fully saturated rings. The highest BCUT2D eigenvalue weighted by atomic mass is 16.2. The lowest BCUT2D eigenvalue weighted by molar-refractivity contribution is -0.116. The average molecular weight is 325 g/mol. The number of nitrogens with one attached hydrogen (secondary N) is 3. The van der Waals surface area contributed by atoms with Gasteiger partial charge in [-0.15, -0.1) is 0 Å². The van der Waals surface area contributed by atoms with E-state index in [-0.39, 0.29) is 17.5 Å². The number of benzene rings is 1. The molecule has 24 heavy (non-hydrogen) atoms. The van der Waals surface area contributed by atoms with Crippen LogP contribution in [0.25, 0.3) is 0 Å². The average Bonchev–Trinajstić information content (AvgIpc) is 2.54. The zero-order chi connectivity index (χ0) is 17.3. The van der Waals surface area contributed by atoms with Crippen molar-refractivity contribution in [2.24, 2.45) is 0 Å². The molecule has 1 atom stereocenters. The van der Waals surface area contributed by atoms with E-state index in [1.165, 1.54) is 6.07 Å². The molecule has 0 saturated heterocycles. The molecular formula is C18H19N3O3. The summed E-state index contributed by atoms with van der Waals surface area (Å²) in [6, 6.07) is 8.68. The number of aryl methyl sites for hydroxylation is 2. The number of rotatable bonds is 3. The van der Waals surface area contributed by atoms with Gasteiger partial charge in [-0.25, -0.2) is 0 Å². The van der Waals surface area contributed by atoms with E-state index in [4.69, 9.17) is 0 Å². The molecule has 1 aliphatic rings. The number of anilines is 1. The highest BCUT2D eigenvalue weighted by Crippen LogP contribution is 2.26. The lowest BCUT2D eigenvalue weighted by Gasteiger charge is -2.20. The van der Waals surface area contributed by atoms with Gasteiger partial charge in [-0.3, -0.25) is 14.4 Å². The zero-order valence-corrected chi connectivity index (χ0v) is 13.6. The molecule has 2 aromatic rings. The van der Waals surface area contributed by atoms with Crippen LogP contribution >= 0.6 is 0 Å². The maximum atomic E-state index is 12.3. The molecule has 3 rings (SSSR count). The largest absolute Gasteiger partial charge is 0.345 e. The van der Waals surface area contributed by atoms with Gasteiger partial charge in [0, 0.05) is 17.8 Å². The minimum absolute atomic E-state index is 0.0233. The van der Waals surface area contributed by atoms with Crippen molar-refractivity contribution in [2.75, 3.05) is 5.32 Å². The van der Waals surface area contributed by atoms with Gasteiger partial charge in [-0.2, -0.15) is 0 Å². The fourth-order valence-corrected chi connectivity index (χ4v) is 2.78. The van der Waals surface area contributed by atoms with E-state index in [0.717, 1.165) is 16.8 Å². The summed E-state index contributed by atoms with van der Waals surface area (Å²) in [6.45, 7) is 3.63. The Hall–Kier alpha value is -2.89. The summed E-state index contributed by atoms with van der Waals surface area (Å²) in [6.07, 6.45) is 1.16. The molecule has 2 amide bonds. The van der Waals surface area contributed by atoms with Crippen LogP contribution in [-0.2, 0) is 11.2 Å². The van der Waals surface area contributed by atoms with E-state index in [1.54, 1.807) is 13.0 Å². The molecule has 6 nitrogen and oxygen atoms in total. The van der Waals surface area contributed by atoms with E-state index in [2.05, 4.69) is 15.6 Å². The maximum absolute atomic E-state index is 12.3. The molecule has 6 heteroatoms. The lowest BCUT2D eigenvalue weighted by Crippen LogP contribution is -2.31. The van der Waals surface area contributed by atoms with Crippen LogP contribution in [-0.4, -0.2) is 16.8 Å². The predicted octanol–water partition coefficient (Wildman–Crippen LogP) is 2.06. The molecule has 0 spiro atoms. The number of H-pyrrole nitrogens is 1. The molecule has 124 valence electrons. The standard InChI is InChI=1S/C18H19N3O3/c1-10-3-6-14(17(23)19-10)18(24)20-11(2)12-4-7-15-13(9-12)5-8-16(22)21-15/h3-4,6-7,9,11H,5,8H2,1-2H3,(H,19,23)(H,20,24)(H,21,22)/t11-/m1/s1. The molecule has 0 aliphatic carbocycles. The molecule has 1 aromatic carbocycles. The van der Waals surface area contributed by atoms with Gasteiger partial charge in [0.15, 0.2) is 0 Å². The summed E-state index contributed by atoms with van der Waals surface area (Å²) in [5, 5.41) is 5.68.